The molecule has 9 aromatic carbocycles. The lowest BCUT2D eigenvalue weighted by Crippen LogP contribution is -2.37. The predicted octanol–water partition coefficient (Wildman–Crippen LogP) is 14.5. The maximum atomic E-state index is 7.33. The second-order valence-corrected chi connectivity index (χ2v) is 16.9. The van der Waals surface area contributed by atoms with Crippen molar-refractivity contribution in [3.63, 3.8) is 0 Å². The van der Waals surface area contributed by atoms with E-state index in [0.29, 0.717) is 5.82 Å². The van der Waals surface area contributed by atoms with Gasteiger partial charge in [0.1, 0.15) is 5.75 Å². The maximum absolute atomic E-state index is 7.33. The smallest absolute Gasteiger partial charge is 0.160 e. The number of rotatable bonds is 4. The SMILES string of the molecule is c1ccc(-c2cc(-c3ccc(-n4c5ccccc5c5ccc6c(c54)Oc4ccccc4C64c5ccccc5-n5c6ccccc6c6cccc4c65)cc3)nc(-c3ccccc3)n2)cc1. The zero-order chi connectivity index (χ0) is 41.9. The summed E-state index contributed by atoms with van der Waals surface area (Å²) in [7, 11) is 0. The minimum Gasteiger partial charge on any atom is -0.454 e. The van der Waals surface area contributed by atoms with Gasteiger partial charge in [-0.25, -0.2) is 9.97 Å². The first-order valence-corrected chi connectivity index (χ1v) is 21.8. The lowest BCUT2D eigenvalue weighted by atomic mass is 9.61. The summed E-state index contributed by atoms with van der Waals surface area (Å²) in [5.41, 5.74) is 15.7. The molecule has 0 aliphatic carbocycles. The summed E-state index contributed by atoms with van der Waals surface area (Å²) in [6, 6.07) is 78.1. The van der Waals surface area contributed by atoms with E-state index < -0.39 is 5.41 Å². The van der Waals surface area contributed by atoms with E-state index >= 15 is 0 Å². The average molecular weight is 817 g/mol. The molecule has 14 rings (SSSR count). The van der Waals surface area contributed by atoms with Gasteiger partial charge < -0.3 is 13.9 Å². The molecule has 298 valence electrons. The van der Waals surface area contributed by atoms with Crippen molar-refractivity contribution in [2.75, 3.05) is 0 Å². The number of hydrogen-bond acceptors (Lipinski definition) is 3. The molecule has 0 bridgehead atoms. The monoisotopic (exact) mass is 816 g/mol. The number of hydrogen-bond donors (Lipinski definition) is 0. The van der Waals surface area contributed by atoms with Crippen molar-refractivity contribution in [3.8, 4) is 56.8 Å². The van der Waals surface area contributed by atoms with E-state index in [1.165, 1.54) is 44.0 Å². The molecule has 2 aliphatic rings. The largest absolute Gasteiger partial charge is 0.454 e. The molecule has 12 aromatic rings. The van der Waals surface area contributed by atoms with Gasteiger partial charge in [-0.15, -0.1) is 0 Å². The Balaban J connectivity index is 1.03. The highest BCUT2D eigenvalue weighted by atomic mass is 16.5. The standard InChI is InChI=1S/C59H36N4O/c1-3-16-37(17-4-1)49-36-50(61-58(60-49)39-18-5-2-6-19-39)38-30-32-40(33-31-38)62-51-26-11-7-21-42(51)44-34-35-48-57(56(44)62)64-54-29-14-10-24-46(54)59(48)45-23-9-13-28-53(45)63-52-27-12-8-20-41(52)43-22-15-25-47(59)55(43)63/h1-36H. The second kappa shape index (κ2) is 13.2. The topological polar surface area (TPSA) is 44.9 Å². The highest BCUT2D eigenvalue weighted by Gasteiger charge is 2.51. The minimum atomic E-state index is -0.677. The van der Waals surface area contributed by atoms with Crippen LogP contribution in [0.5, 0.6) is 11.5 Å². The van der Waals surface area contributed by atoms with Gasteiger partial charge in [-0.2, -0.15) is 0 Å². The molecule has 1 spiro atoms. The van der Waals surface area contributed by atoms with Crippen LogP contribution in [-0.4, -0.2) is 19.1 Å². The van der Waals surface area contributed by atoms with E-state index in [1.54, 1.807) is 0 Å². The summed E-state index contributed by atoms with van der Waals surface area (Å²) < 4.78 is 12.2. The molecule has 0 radical (unpaired) electrons. The summed E-state index contributed by atoms with van der Waals surface area (Å²) in [6.07, 6.45) is 0. The molecule has 3 aromatic heterocycles. The van der Waals surface area contributed by atoms with Crippen molar-refractivity contribution in [2.24, 2.45) is 0 Å². The van der Waals surface area contributed by atoms with Gasteiger partial charge in [-0.3, -0.25) is 0 Å². The molecule has 5 heteroatoms. The molecule has 0 saturated heterocycles. The Hall–Kier alpha value is -8.54. The fourth-order valence-electron chi connectivity index (χ4n) is 10.9. The van der Waals surface area contributed by atoms with E-state index in [4.69, 9.17) is 14.7 Å². The first-order valence-electron chi connectivity index (χ1n) is 21.8. The Kier molecular flexibility index (Phi) is 7.26. The first-order chi connectivity index (χ1) is 31.8. The van der Waals surface area contributed by atoms with Crippen molar-refractivity contribution >= 4 is 43.6 Å². The van der Waals surface area contributed by atoms with E-state index in [0.717, 1.165) is 72.8 Å². The lowest BCUT2D eigenvalue weighted by molar-refractivity contribution is 0.438. The number of nitrogens with zero attached hydrogens (tertiary/aromatic N) is 4. The van der Waals surface area contributed by atoms with E-state index in [1.807, 2.05) is 24.3 Å². The molecule has 1 unspecified atom stereocenters. The van der Waals surface area contributed by atoms with E-state index in [2.05, 4.69) is 203 Å². The van der Waals surface area contributed by atoms with Crippen LogP contribution in [0.2, 0.25) is 0 Å². The number of aromatic nitrogens is 4. The number of para-hydroxylation sites is 5. The van der Waals surface area contributed by atoms with E-state index in [9.17, 15) is 0 Å². The molecular weight excluding hydrogens is 781 g/mol. The first kappa shape index (κ1) is 35.1. The zero-order valence-electron chi connectivity index (χ0n) is 34.5. The second-order valence-electron chi connectivity index (χ2n) is 16.9. The fourth-order valence-corrected chi connectivity index (χ4v) is 10.9. The van der Waals surface area contributed by atoms with Crippen molar-refractivity contribution in [3.05, 3.63) is 241 Å². The molecule has 0 saturated carbocycles. The molecule has 2 aliphatic heterocycles. The van der Waals surface area contributed by atoms with Gasteiger partial charge in [0, 0.05) is 55.0 Å². The van der Waals surface area contributed by atoms with Gasteiger partial charge in [0.15, 0.2) is 11.6 Å². The van der Waals surface area contributed by atoms with Gasteiger partial charge in [-0.05, 0) is 53.6 Å². The molecule has 64 heavy (non-hydrogen) atoms. The van der Waals surface area contributed by atoms with Crippen LogP contribution in [0.1, 0.15) is 22.3 Å². The van der Waals surface area contributed by atoms with Gasteiger partial charge in [0.25, 0.3) is 0 Å². The maximum Gasteiger partial charge on any atom is 0.160 e. The number of benzene rings is 9. The van der Waals surface area contributed by atoms with Crippen LogP contribution in [0.15, 0.2) is 218 Å². The molecule has 0 N–H and O–H groups in total. The molecule has 5 heterocycles. The van der Waals surface area contributed by atoms with Crippen LogP contribution in [0.4, 0.5) is 0 Å². The highest BCUT2D eigenvalue weighted by molar-refractivity contribution is 6.14. The Labute approximate surface area is 368 Å². The van der Waals surface area contributed by atoms with Crippen LogP contribution < -0.4 is 4.74 Å². The van der Waals surface area contributed by atoms with Crippen LogP contribution in [0.25, 0.3) is 88.9 Å². The Morgan fingerprint density at radius 2 is 0.938 bits per heavy atom. The highest BCUT2D eigenvalue weighted by Crippen LogP contribution is 2.62. The molecule has 1 atom stereocenters. The predicted molar refractivity (Wildman–Crippen MR) is 259 cm³/mol. The summed E-state index contributed by atoms with van der Waals surface area (Å²) in [5.74, 6) is 2.42. The third-order valence-corrected chi connectivity index (χ3v) is 13.6. The van der Waals surface area contributed by atoms with Crippen LogP contribution in [-0.2, 0) is 5.41 Å². The average Bonchev–Trinajstić information content (AvgIpc) is 3.90. The third kappa shape index (κ3) is 4.72. The Bertz CT molecular complexity index is 3810. The minimum absolute atomic E-state index is 0.677. The van der Waals surface area contributed by atoms with Gasteiger partial charge in [0.2, 0.25) is 0 Å². The van der Waals surface area contributed by atoms with Crippen molar-refractivity contribution < 1.29 is 4.74 Å². The fraction of sp³-hybridized carbons (Fsp3) is 0.0169. The third-order valence-electron chi connectivity index (χ3n) is 13.6. The normalized spacial score (nSPS) is 14.8. The number of ether oxygens (including phenoxy) is 1. The quantitative estimate of drug-likeness (QED) is 0.178. The summed E-state index contributed by atoms with van der Waals surface area (Å²) in [4.78, 5) is 10.2. The molecule has 5 nitrogen and oxygen atoms in total. The van der Waals surface area contributed by atoms with Crippen LogP contribution in [0.3, 0.4) is 0 Å². The zero-order valence-corrected chi connectivity index (χ0v) is 34.5. The summed E-state index contributed by atoms with van der Waals surface area (Å²) in [5, 5.41) is 4.81. The number of fused-ring (bicyclic) bond motifs is 15. The van der Waals surface area contributed by atoms with Crippen molar-refractivity contribution in [1.82, 2.24) is 19.1 Å². The lowest BCUT2D eigenvalue weighted by Gasteiger charge is -2.45. The van der Waals surface area contributed by atoms with Crippen molar-refractivity contribution in [1.29, 1.82) is 0 Å². The molecule has 0 amide bonds. The van der Waals surface area contributed by atoms with Gasteiger partial charge in [0.05, 0.1) is 44.6 Å². The molecule has 0 fully saturated rings. The molecular formula is C59H36N4O. The van der Waals surface area contributed by atoms with Gasteiger partial charge in [-0.1, -0.05) is 176 Å². The van der Waals surface area contributed by atoms with Gasteiger partial charge >= 0.3 is 0 Å². The summed E-state index contributed by atoms with van der Waals surface area (Å²) in [6.45, 7) is 0. The van der Waals surface area contributed by atoms with Crippen molar-refractivity contribution in [2.45, 2.75) is 5.41 Å². The van der Waals surface area contributed by atoms with Crippen LogP contribution >= 0.6 is 0 Å². The van der Waals surface area contributed by atoms with E-state index in [-0.39, 0.29) is 0 Å². The Morgan fingerprint density at radius 1 is 0.375 bits per heavy atom. The Morgan fingerprint density at radius 3 is 1.69 bits per heavy atom. The van der Waals surface area contributed by atoms with Crippen LogP contribution in [0, 0.1) is 0 Å². The summed E-state index contributed by atoms with van der Waals surface area (Å²) >= 11 is 0.